The number of hydrogen-bond donors (Lipinski definition) is 2. The molecule has 1 aromatic carbocycles. The number of carbonyl (C=O) groups is 1. The summed E-state index contributed by atoms with van der Waals surface area (Å²) in [5.41, 5.74) is 1.41. The van der Waals surface area contributed by atoms with Crippen molar-refractivity contribution in [2.45, 2.75) is 13.0 Å². The number of carbonyl (C=O) groups excluding carboxylic acids is 1. The van der Waals surface area contributed by atoms with Crippen LogP contribution in [-0.2, 0) is 4.79 Å². The van der Waals surface area contributed by atoms with Crippen LogP contribution in [0.2, 0.25) is 0 Å². The topological polar surface area (TPSA) is 57.3 Å². The van der Waals surface area contributed by atoms with E-state index in [4.69, 9.17) is 0 Å². The van der Waals surface area contributed by atoms with E-state index in [1.165, 1.54) is 6.07 Å². The highest BCUT2D eigenvalue weighted by atomic mass is 19.1. The van der Waals surface area contributed by atoms with Crippen LogP contribution in [0.5, 0.6) is 0 Å². The van der Waals surface area contributed by atoms with E-state index >= 15 is 0 Å². The van der Waals surface area contributed by atoms with Crippen molar-refractivity contribution in [3.8, 4) is 0 Å². The minimum absolute atomic E-state index is 0.232. The molecule has 0 spiro atoms. The van der Waals surface area contributed by atoms with E-state index < -0.39 is 6.04 Å². The minimum Gasteiger partial charge on any atom is -0.368 e. The third-order valence-corrected chi connectivity index (χ3v) is 3.69. The van der Waals surface area contributed by atoms with Gasteiger partial charge in [0.05, 0.1) is 0 Å². The molecule has 0 aliphatic rings. The predicted octanol–water partition coefficient (Wildman–Crippen LogP) is 2.36. The molecule has 0 saturated carbocycles. The van der Waals surface area contributed by atoms with E-state index in [9.17, 15) is 9.18 Å². The number of pyridine rings is 1. The van der Waals surface area contributed by atoms with Gasteiger partial charge in [-0.3, -0.25) is 9.69 Å². The number of nitrogens with one attached hydrogen (secondary N) is 2. The number of amides is 1. The first kappa shape index (κ1) is 17.9. The molecule has 1 unspecified atom stereocenters. The Morgan fingerprint density at radius 3 is 2.62 bits per heavy atom. The molecular weight excluding hydrogens is 307 g/mol. The van der Waals surface area contributed by atoms with Gasteiger partial charge in [-0.05, 0) is 38.7 Å². The van der Waals surface area contributed by atoms with E-state index in [0.29, 0.717) is 18.7 Å². The number of aromatic nitrogens is 1. The van der Waals surface area contributed by atoms with Crippen LogP contribution in [-0.4, -0.2) is 43.0 Å². The number of hydrogen-bond acceptors (Lipinski definition) is 4. The average molecular weight is 330 g/mol. The third-order valence-electron chi connectivity index (χ3n) is 3.69. The smallest absolute Gasteiger partial charge is 0.242 e. The Labute approximate surface area is 141 Å². The molecule has 0 bridgehead atoms. The maximum absolute atomic E-state index is 14.0. The first-order chi connectivity index (χ1) is 11.5. The number of aryl methyl sites for hydroxylation is 1. The largest absolute Gasteiger partial charge is 0.368 e. The Balaban J connectivity index is 1.92. The Morgan fingerprint density at radius 1 is 1.21 bits per heavy atom. The second-order valence-corrected chi connectivity index (χ2v) is 5.77. The van der Waals surface area contributed by atoms with E-state index in [1.807, 2.05) is 19.1 Å². The van der Waals surface area contributed by atoms with Crippen molar-refractivity contribution in [1.82, 2.24) is 15.2 Å². The summed E-state index contributed by atoms with van der Waals surface area (Å²) in [5, 5.41) is 6.02. The molecule has 2 rings (SSSR count). The van der Waals surface area contributed by atoms with Crippen LogP contribution in [0.1, 0.15) is 17.2 Å². The zero-order valence-electron chi connectivity index (χ0n) is 14.2. The summed E-state index contributed by atoms with van der Waals surface area (Å²) < 4.78 is 14.0. The monoisotopic (exact) mass is 330 g/mol. The molecule has 0 aliphatic carbocycles. The first-order valence-corrected chi connectivity index (χ1v) is 7.84. The third kappa shape index (κ3) is 4.52. The van der Waals surface area contributed by atoms with Crippen molar-refractivity contribution in [3.63, 3.8) is 0 Å². The van der Waals surface area contributed by atoms with Crippen LogP contribution < -0.4 is 10.6 Å². The van der Waals surface area contributed by atoms with Gasteiger partial charge in [0.25, 0.3) is 0 Å². The molecule has 128 valence electrons. The fourth-order valence-corrected chi connectivity index (χ4v) is 2.48. The standard InChI is InChI=1S/C18H23FN4O/c1-13-7-6-10-20-17(13)21-11-12-22-18(24)16(23(2)3)14-8-4-5-9-15(14)19/h4-10,16H,11-12H2,1-3H3,(H,20,21)(H,22,24). The Hall–Kier alpha value is -2.47. The predicted molar refractivity (Wildman–Crippen MR) is 93.3 cm³/mol. The second-order valence-electron chi connectivity index (χ2n) is 5.77. The highest BCUT2D eigenvalue weighted by Gasteiger charge is 2.25. The zero-order valence-corrected chi connectivity index (χ0v) is 14.2. The molecule has 2 aromatic rings. The Bertz CT molecular complexity index is 690. The van der Waals surface area contributed by atoms with Gasteiger partial charge in [-0.25, -0.2) is 9.37 Å². The fourth-order valence-electron chi connectivity index (χ4n) is 2.48. The van der Waals surface area contributed by atoms with Gasteiger partial charge < -0.3 is 10.6 Å². The van der Waals surface area contributed by atoms with Gasteiger partial charge in [-0.15, -0.1) is 0 Å². The highest BCUT2D eigenvalue weighted by molar-refractivity contribution is 5.83. The van der Waals surface area contributed by atoms with Crippen LogP contribution in [0.3, 0.4) is 0 Å². The SMILES string of the molecule is Cc1cccnc1NCCNC(=O)C(c1ccccc1F)N(C)C. The summed E-state index contributed by atoms with van der Waals surface area (Å²) in [6, 6.07) is 9.52. The molecule has 5 nitrogen and oxygen atoms in total. The van der Waals surface area contributed by atoms with Gasteiger partial charge in [0.15, 0.2) is 0 Å². The summed E-state index contributed by atoms with van der Waals surface area (Å²) in [6.45, 7) is 2.93. The van der Waals surface area contributed by atoms with Gasteiger partial charge in [0.1, 0.15) is 17.7 Å². The lowest BCUT2D eigenvalue weighted by atomic mass is 10.0. The van der Waals surface area contributed by atoms with E-state index in [-0.39, 0.29) is 11.7 Å². The highest BCUT2D eigenvalue weighted by Crippen LogP contribution is 2.21. The van der Waals surface area contributed by atoms with Crippen LogP contribution in [0.15, 0.2) is 42.6 Å². The summed E-state index contributed by atoms with van der Waals surface area (Å²) in [5.74, 6) is 0.184. The van der Waals surface area contributed by atoms with Crippen LogP contribution in [0, 0.1) is 12.7 Å². The molecule has 1 aromatic heterocycles. The summed E-state index contributed by atoms with van der Waals surface area (Å²) >= 11 is 0. The molecule has 6 heteroatoms. The van der Waals surface area contributed by atoms with Crippen molar-refractivity contribution in [1.29, 1.82) is 0 Å². The van der Waals surface area contributed by atoms with Crippen molar-refractivity contribution < 1.29 is 9.18 Å². The minimum atomic E-state index is -0.664. The summed E-state index contributed by atoms with van der Waals surface area (Å²) in [7, 11) is 3.51. The lowest BCUT2D eigenvalue weighted by Gasteiger charge is -2.24. The molecule has 1 heterocycles. The Morgan fingerprint density at radius 2 is 1.96 bits per heavy atom. The Kier molecular flexibility index (Phi) is 6.26. The quantitative estimate of drug-likeness (QED) is 0.765. The average Bonchev–Trinajstić information content (AvgIpc) is 2.55. The first-order valence-electron chi connectivity index (χ1n) is 7.84. The van der Waals surface area contributed by atoms with Crippen LogP contribution >= 0.6 is 0 Å². The van der Waals surface area contributed by atoms with E-state index in [1.54, 1.807) is 43.4 Å². The molecule has 0 radical (unpaired) electrons. The molecule has 1 atom stereocenters. The van der Waals surface area contributed by atoms with Crippen molar-refractivity contribution in [2.24, 2.45) is 0 Å². The number of halogens is 1. The van der Waals surface area contributed by atoms with E-state index in [2.05, 4.69) is 15.6 Å². The molecule has 0 fully saturated rings. The number of benzene rings is 1. The molecule has 0 aliphatic heterocycles. The van der Waals surface area contributed by atoms with E-state index in [0.717, 1.165) is 11.4 Å². The maximum Gasteiger partial charge on any atom is 0.242 e. The van der Waals surface area contributed by atoms with Gasteiger partial charge >= 0.3 is 0 Å². The van der Waals surface area contributed by atoms with Crippen molar-refractivity contribution in [2.75, 3.05) is 32.5 Å². The fraction of sp³-hybridized carbons (Fsp3) is 0.333. The molecule has 2 N–H and O–H groups in total. The normalized spacial score (nSPS) is 12.0. The molecule has 1 amide bonds. The number of likely N-dealkylation sites (N-methyl/N-ethyl adjacent to an activating group) is 1. The van der Waals surface area contributed by atoms with Crippen molar-refractivity contribution >= 4 is 11.7 Å². The van der Waals surface area contributed by atoms with Crippen LogP contribution in [0.25, 0.3) is 0 Å². The number of anilines is 1. The van der Waals surface area contributed by atoms with Gasteiger partial charge in [-0.1, -0.05) is 24.3 Å². The molecule has 24 heavy (non-hydrogen) atoms. The lowest BCUT2D eigenvalue weighted by Crippen LogP contribution is -2.39. The molecule has 0 saturated heterocycles. The second kappa shape index (κ2) is 8.40. The number of nitrogens with zero attached hydrogens (tertiary/aromatic N) is 2. The number of rotatable bonds is 7. The van der Waals surface area contributed by atoms with Gasteiger partial charge in [0, 0.05) is 24.8 Å². The summed E-state index contributed by atoms with van der Waals surface area (Å²) in [6.07, 6.45) is 1.72. The van der Waals surface area contributed by atoms with Gasteiger partial charge in [-0.2, -0.15) is 0 Å². The van der Waals surface area contributed by atoms with Gasteiger partial charge in [0.2, 0.25) is 5.91 Å². The zero-order chi connectivity index (χ0) is 17.5. The van der Waals surface area contributed by atoms with Crippen LogP contribution in [0.4, 0.5) is 10.2 Å². The lowest BCUT2D eigenvalue weighted by molar-refractivity contribution is -0.125. The summed E-state index contributed by atoms with van der Waals surface area (Å²) in [4.78, 5) is 18.4. The van der Waals surface area contributed by atoms with Crippen molar-refractivity contribution in [3.05, 3.63) is 59.5 Å². The molecular formula is C18H23FN4O. The maximum atomic E-state index is 14.0.